The first-order valence-corrected chi connectivity index (χ1v) is 5.52. The van der Waals surface area contributed by atoms with E-state index in [1.54, 1.807) is 0 Å². The van der Waals surface area contributed by atoms with Crippen LogP contribution in [0, 0.1) is 0 Å². The van der Waals surface area contributed by atoms with Gasteiger partial charge in [-0.3, -0.25) is 4.79 Å². The van der Waals surface area contributed by atoms with Gasteiger partial charge in [0.05, 0.1) is 0 Å². The summed E-state index contributed by atoms with van der Waals surface area (Å²) < 4.78 is 0. The molecule has 2 nitrogen and oxygen atoms in total. The van der Waals surface area contributed by atoms with Gasteiger partial charge in [-0.2, -0.15) is 0 Å². The maximum absolute atomic E-state index is 12.0. The smallest absolute Gasteiger partial charge is 0.256 e. The Balaban J connectivity index is 0.00000120. The second-order valence-electron chi connectivity index (χ2n) is 3.97. The van der Waals surface area contributed by atoms with Gasteiger partial charge in [0.15, 0.2) is 0 Å². The molecule has 0 bridgehead atoms. The summed E-state index contributed by atoms with van der Waals surface area (Å²) in [4.78, 5) is 14.9. The lowest BCUT2D eigenvalue weighted by Crippen LogP contribution is -2.08. The summed E-state index contributed by atoms with van der Waals surface area (Å²) in [5, 5.41) is 1.05. The molecule has 0 fully saturated rings. The zero-order valence-electron chi connectivity index (χ0n) is 9.59. The number of H-pyrrole nitrogens is 1. The van der Waals surface area contributed by atoms with Crippen molar-refractivity contribution in [1.82, 2.24) is 4.98 Å². The molecule has 2 aromatic carbocycles. The van der Waals surface area contributed by atoms with Gasteiger partial charge in [-0.05, 0) is 23.1 Å². The molecule has 3 rings (SSSR count). The van der Waals surface area contributed by atoms with Crippen molar-refractivity contribution in [3.05, 3.63) is 71.0 Å². The van der Waals surface area contributed by atoms with Crippen LogP contribution >= 0.6 is 12.4 Å². The van der Waals surface area contributed by atoms with Crippen LogP contribution in [0.3, 0.4) is 0 Å². The van der Waals surface area contributed by atoms with Crippen LogP contribution in [-0.4, -0.2) is 4.98 Å². The summed E-state index contributed by atoms with van der Waals surface area (Å²) in [6.45, 7) is 0. The van der Waals surface area contributed by atoms with Gasteiger partial charge < -0.3 is 4.98 Å². The number of hydrogen-bond donors (Lipinski definition) is 1. The van der Waals surface area contributed by atoms with Crippen molar-refractivity contribution >= 4 is 23.3 Å². The molecule has 3 heteroatoms. The van der Waals surface area contributed by atoms with E-state index in [-0.39, 0.29) is 18.0 Å². The number of fused-ring (bicyclic) bond motifs is 1. The van der Waals surface area contributed by atoms with Crippen LogP contribution in [0.4, 0.5) is 0 Å². The average Bonchev–Trinajstić information content (AvgIpc) is 2.39. The Bertz CT molecular complexity index is 719. The van der Waals surface area contributed by atoms with Crippen LogP contribution in [0.2, 0.25) is 0 Å². The Kier molecular flexibility index (Phi) is 3.49. The van der Waals surface area contributed by atoms with E-state index in [0.717, 1.165) is 16.5 Å². The van der Waals surface area contributed by atoms with Gasteiger partial charge in [0.2, 0.25) is 0 Å². The Labute approximate surface area is 111 Å². The predicted octanol–water partition coefficient (Wildman–Crippen LogP) is 3.62. The van der Waals surface area contributed by atoms with E-state index in [1.807, 2.05) is 60.7 Å². The SMILES string of the molecule is Cl.O=c1[nH]c2ccccc2cc1-c1ccccc1. The van der Waals surface area contributed by atoms with Gasteiger partial charge in [0.1, 0.15) is 0 Å². The fourth-order valence-electron chi connectivity index (χ4n) is 1.98. The minimum Gasteiger partial charge on any atom is -0.321 e. The maximum atomic E-state index is 12.0. The van der Waals surface area contributed by atoms with Crippen molar-refractivity contribution in [3.8, 4) is 11.1 Å². The molecular formula is C15H12ClNO. The third-order valence-electron chi connectivity index (χ3n) is 2.84. The lowest BCUT2D eigenvalue weighted by atomic mass is 10.1. The van der Waals surface area contributed by atoms with Crippen molar-refractivity contribution in [3.63, 3.8) is 0 Å². The van der Waals surface area contributed by atoms with Crippen molar-refractivity contribution in [2.75, 3.05) is 0 Å². The first kappa shape index (κ1) is 12.4. The molecule has 0 aliphatic carbocycles. The van der Waals surface area contributed by atoms with E-state index in [1.165, 1.54) is 0 Å². The summed E-state index contributed by atoms with van der Waals surface area (Å²) in [6.07, 6.45) is 0. The quantitative estimate of drug-likeness (QED) is 0.710. The van der Waals surface area contributed by atoms with E-state index in [0.29, 0.717) is 5.56 Å². The Morgan fingerprint density at radius 3 is 2.28 bits per heavy atom. The summed E-state index contributed by atoms with van der Waals surface area (Å²) in [7, 11) is 0. The molecule has 1 N–H and O–H groups in total. The summed E-state index contributed by atoms with van der Waals surface area (Å²) in [5.41, 5.74) is 2.48. The number of rotatable bonds is 1. The highest BCUT2D eigenvalue weighted by Gasteiger charge is 2.04. The fraction of sp³-hybridized carbons (Fsp3) is 0. The molecule has 0 spiro atoms. The summed E-state index contributed by atoms with van der Waals surface area (Å²) >= 11 is 0. The lowest BCUT2D eigenvalue weighted by Gasteiger charge is -2.03. The van der Waals surface area contributed by atoms with Crippen molar-refractivity contribution in [1.29, 1.82) is 0 Å². The van der Waals surface area contributed by atoms with Gasteiger partial charge in [-0.25, -0.2) is 0 Å². The van der Waals surface area contributed by atoms with E-state index in [2.05, 4.69) is 4.98 Å². The molecule has 90 valence electrons. The minimum absolute atomic E-state index is 0. The van der Waals surface area contributed by atoms with Crippen LogP contribution in [0.1, 0.15) is 0 Å². The number of pyridine rings is 1. The van der Waals surface area contributed by atoms with Crippen LogP contribution in [0.25, 0.3) is 22.0 Å². The number of para-hydroxylation sites is 1. The molecule has 18 heavy (non-hydrogen) atoms. The summed E-state index contributed by atoms with van der Waals surface area (Å²) in [6, 6.07) is 19.4. The Morgan fingerprint density at radius 1 is 0.833 bits per heavy atom. The van der Waals surface area contributed by atoms with E-state index in [4.69, 9.17) is 0 Å². The van der Waals surface area contributed by atoms with Gasteiger partial charge in [0, 0.05) is 11.1 Å². The lowest BCUT2D eigenvalue weighted by molar-refractivity contribution is 1.31. The minimum atomic E-state index is -0.0464. The molecule has 0 amide bonds. The maximum Gasteiger partial charge on any atom is 0.256 e. The number of aromatic nitrogens is 1. The number of aromatic amines is 1. The molecule has 1 aromatic heterocycles. The number of hydrogen-bond acceptors (Lipinski definition) is 1. The van der Waals surface area contributed by atoms with Crippen molar-refractivity contribution in [2.45, 2.75) is 0 Å². The van der Waals surface area contributed by atoms with E-state index >= 15 is 0 Å². The predicted molar refractivity (Wildman–Crippen MR) is 77.3 cm³/mol. The third kappa shape index (κ3) is 2.15. The van der Waals surface area contributed by atoms with Gasteiger partial charge >= 0.3 is 0 Å². The third-order valence-corrected chi connectivity index (χ3v) is 2.84. The highest BCUT2D eigenvalue weighted by Crippen LogP contribution is 2.18. The topological polar surface area (TPSA) is 32.9 Å². The molecule has 0 unspecified atom stereocenters. The molecule has 0 radical (unpaired) electrons. The molecule has 0 saturated heterocycles. The second-order valence-corrected chi connectivity index (χ2v) is 3.97. The molecule has 0 aliphatic rings. The normalized spacial score (nSPS) is 10.0. The largest absolute Gasteiger partial charge is 0.321 e. The summed E-state index contributed by atoms with van der Waals surface area (Å²) in [5.74, 6) is 0. The molecule has 0 atom stereocenters. The highest BCUT2D eigenvalue weighted by molar-refractivity contribution is 5.85. The zero-order chi connectivity index (χ0) is 11.7. The first-order chi connectivity index (χ1) is 8.34. The molecular weight excluding hydrogens is 246 g/mol. The Morgan fingerprint density at radius 2 is 1.50 bits per heavy atom. The monoisotopic (exact) mass is 257 g/mol. The van der Waals surface area contributed by atoms with Crippen molar-refractivity contribution < 1.29 is 0 Å². The van der Waals surface area contributed by atoms with Gasteiger partial charge in [-0.15, -0.1) is 12.4 Å². The van der Waals surface area contributed by atoms with Crippen LogP contribution in [0.15, 0.2) is 65.5 Å². The highest BCUT2D eigenvalue weighted by atomic mass is 35.5. The molecule has 3 aromatic rings. The van der Waals surface area contributed by atoms with Crippen LogP contribution in [0.5, 0.6) is 0 Å². The van der Waals surface area contributed by atoms with Gasteiger partial charge in [0.25, 0.3) is 5.56 Å². The van der Waals surface area contributed by atoms with Crippen LogP contribution in [-0.2, 0) is 0 Å². The van der Waals surface area contributed by atoms with Crippen LogP contribution < -0.4 is 5.56 Å². The standard InChI is InChI=1S/C15H11NO.ClH/c17-15-13(11-6-2-1-3-7-11)10-12-8-4-5-9-14(12)16-15;/h1-10H,(H,16,17);1H. The Hall–Kier alpha value is -2.06. The number of nitrogens with one attached hydrogen (secondary N) is 1. The number of benzene rings is 2. The second kappa shape index (κ2) is 5.07. The van der Waals surface area contributed by atoms with E-state index < -0.39 is 0 Å². The van der Waals surface area contributed by atoms with Gasteiger partial charge in [-0.1, -0.05) is 48.5 Å². The fourth-order valence-corrected chi connectivity index (χ4v) is 1.98. The first-order valence-electron chi connectivity index (χ1n) is 5.52. The molecule has 1 heterocycles. The average molecular weight is 258 g/mol. The zero-order valence-corrected chi connectivity index (χ0v) is 10.4. The van der Waals surface area contributed by atoms with E-state index in [9.17, 15) is 4.79 Å². The van der Waals surface area contributed by atoms with Crippen molar-refractivity contribution in [2.24, 2.45) is 0 Å². The molecule has 0 aliphatic heterocycles. The number of halogens is 1. The molecule has 0 saturated carbocycles.